The van der Waals surface area contributed by atoms with E-state index in [1.807, 2.05) is 6.07 Å². The SMILES string of the molecule is CC1=NC2C(=O)c3ccccc3C2(O)N1C. The molecule has 82 valence electrons. The number of likely N-dealkylation sites (N-methyl/N-ethyl adjacent to an activating group) is 1. The van der Waals surface area contributed by atoms with Gasteiger partial charge in [-0.05, 0) is 6.92 Å². The largest absolute Gasteiger partial charge is 0.365 e. The lowest BCUT2D eigenvalue weighted by Crippen LogP contribution is -2.46. The van der Waals surface area contributed by atoms with Gasteiger partial charge in [0.25, 0.3) is 0 Å². The fourth-order valence-corrected chi connectivity index (χ4v) is 2.53. The summed E-state index contributed by atoms with van der Waals surface area (Å²) in [4.78, 5) is 18.0. The van der Waals surface area contributed by atoms with Gasteiger partial charge >= 0.3 is 0 Å². The lowest BCUT2D eigenvalue weighted by atomic mass is 10.0. The molecular formula is C12H12N2O2. The zero-order valence-corrected chi connectivity index (χ0v) is 9.14. The van der Waals surface area contributed by atoms with Crippen molar-refractivity contribution in [2.75, 3.05) is 7.05 Å². The van der Waals surface area contributed by atoms with Gasteiger partial charge in [0, 0.05) is 18.2 Å². The first-order valence-electron chi connectivity index (χ1n) is 5.21. The lowest BCUT2D eigenvalue weighted by Gasteiger charge is -2.31. The average molecular weight is 216 g/mol. The maximum Gasteiger partial charge on any atom is 0.196 e. The number of benzene rings is 1. The summed E-state index contributed by atoms with van der Waals surface area (Å²) < 4.78 is 0. The van der Waals surface area contributed by atoms with Gasteiger partial charge in [0.1, 0.15) is 0 Å². The van der Waals surface area contributed by atoms with E-state index in [1.54, 1.807) is 37.1 Å². The molecule has 0 saturated heterocycles. The molecule has 1 aliphatic carbocycles. The van der Waals surface area contributed by atoms with E-state index in [0.717, 1.165) is 0 Å². The first-order chi connectivity index (χ1) is 7.56. The summed E-state index contributed by atoms with van der Waals surface area (Å²) in [7, 11) is 1.76. The second-order valence-electron chi connectivity index (χ2n) is 4.27. The summed E-state index contributed by atoms with van der Waals surface area (Å²) in [6, 6.07) is 6.46. The van der Waals surface area contributed by atoms with Crippen LogP contribution in [-0.4, -0.2) is 34.7 Å². The van der Waals surface area contributed by atoms with Gasteiger partial charge in [0.15, 0.2) is 17.6 Å². The number of hydrogen-bond acceptors (Lipinski definition) is 4. The Hall–Kier alpha value is -1.68. The normalized spacial score (nSPS) is 31.4. The Kier molecular flexibility index (Phi) is 1.61. The van der Waals surface area contributed by atoms with Crippen LogP contribution in [0.15, 0.2) is 29.3 Å². The number of hydrogen-bond donors (Lipinski definition) is 1. The monoisotopic (exact) mass is 216 g/mol. The molecule has 1 aromatic carbocycles. The van der Waals surface area contributed by atoms with Gasteiger partial charge in [-0.25, -0.2) is 0 Å². The second kappa shape index (κ2) is 2.71. The maximum atomic E-state index is 12.1. The van der Waals surface area contributed by atoms with Crippen LogP contribution in [-0.2, 0) is 5.72 Å². The van der Waals surface area contributed by atoms with Gasteiger partial charge in [-0.3, -0.25) is 9.79 Å². The molecule has 2 atom stereocenters. The van der Waals surface area contributed by atoms with Crippen molar-refractivity contribution in [1.29, 1.82) is 0 Å². The van der Waals surface area contributed by atoms with Crippen molar-refractivity contribution in [3.8, 4) is 0 Å². The molecule has 1 aliphatic heterocycles. The molecule has 0 radical (unpaired) electrons. The highest BCUT2D eigenvalue weighted by atomic mass is 16.3. The van der Waals surface area contributed by atoms with Gasteiger partial charge in [-0.15, -0.1) is 0 Å². The van der Waals surface area contributed by atoms with Crippen LogP contribution < -0.4 is 0 Å². The summed E-state index contributed by atoms with van der Waals surface area (Å²) in [6.07, 6.45) is 0. The van der Waals surface area contributed by atoms with Gasteiger partial charge in [0.2, 0.25) is 0 Å². The van der Waals surface area contributed by atoms with Crippen LogP contribution >= 0.6 is 0 Å². The number of amidine groups is 1. The smallest absolute Gasteiger partial charge is 0.196 e. The van der Waals surface area contributed by atoms with Crippen molar-refractivity contribution in [2.45, 2.75) is 18.7 Å². The second-order valence-corrected chi connectivity index (χ2v) is 4.27. The van der Waals surface area contributed by atoms with Crippen LogP contribution in [0.1, 0.15) is 22.8 Å². The van der Waals surface area contributed by atoms with Crippen molar-refractivity contribution in [3.63, 3.8) is 0 Å². The van der Waals surface area contributed by atoms with Crippen LogP contribution in [0.4, 0.5) is 0 Å². The van der Waals surface area contributed by atoms with Crippen molar-refractivity contribution in [3.05, 3.63) is 35.4 Å². The Labute approximate surface area is 93.2 Å². The summed E-state index contributed by atoms with van der Waals surface area (Å²) in [6.45, 7) is 1.80. The van der Waals surface area contributed by atoms with Gasteiger partial charge < -0.3 is 10.0 Å². The Morgan fingerprint density at radius 1 is 1.44 bits per heavy atom. The predicted octanol–water partition coefficient (Wildman–Crippen LogP) is 0.760. The Balaban J connectivity index is 2.27. The molecule has 0 spiro atoms. The molecule has 1 heterocycles. The quantitative estimate of drug-likeness (QED) is 0.696. The zero-order valence-electron chi connectivity index (χ0n) is 9.14. The van der Waals surface area contributed by atoms with Crippen LogP contribution in [0.25, 0.3) is 0 Å². The first-order valence-corrected chi connectivity index (χ1v) is 5.21. The Morgan fingerprint density at radius 2 is 2.12 bits per heavy atom. The van der Waals surface area contributed by atoms with Crippen molar-refractivity contribution < 1.29 is 9.90 Å². The maximum absolute atomic E-state index is 12.1. The first kappa shape index (κ1) is 9.54. The number of ketones is 1. The minimum Gasteiger partial charge on any atom is -0.365 e. The molecular weight excluding hydrogens is 204 g/mol. The minimum absolute atomic E-state index is 0.0956. The molecule has 1 N–H and O–H groups in total. The summed E-state index contributed by atoms with van der Waals surface area (Å²) in [5.74, 6) is 0.595. The number of Topliss-reactive ketones (excluding diaryl/α,β-unsaturated/α-hetero) is 1. The summed E-state index contributed by atoms with van der Waals surface area (Å²) in [5, 5.41) is 10.7. The molecule has 16 heavy (non-hydrogen) atoms. The highest BCUT2D eigenvalue weighted by Crippen LogP contribution is 2.44. The molecule has 1 aromatic rings. The third-order valence-corrected chi connectivity index (χ3v) is 3.53. The number of carbonyl (C=O) groups excluding carboxylic acids is 1. The topological polar surface area (TPSA) is 52.9 Å². The highest BCUT2D eigenvalue weighted by molar-refractivity contribution is 6.09. The van der Waals surface area contributed by atoms with E-state index < -0.39 is 11.8 Å². The third kappa shape index (κ3) is 0.841. The average Bonchev–Trinajstić information content (AvgIpc) is 2.65. The number of fused-ring (bicyclic) bond motifs is 3. The van der Waals surface area contributed by atoms with Gasteiger partial charge in [0.05, 0.1) is 5.84 Å². The molecule has 2 aliphatic rings. The van der Waals surface area contributed by atoms with Crippen molar-refractivity contribution in [2.24, 2.45) is 4.99 Å². The Bertz CT molecular complexity index is 524. The van der Waals surface area contributed by atoms with E-state index in [1.165, 1.54) is 0 Å². The lowest BCUT2D eigenvalue weighted by molar-refractivity contribution is -0.0567. The van der Waals surface area contributed by atoms with E-state index in [-0.39, 0.29) is 5.78 Å². The summed E-state index contributed by atoms with van der Waals surface area (Å²) in [5.41, 5.74) is -0.0381. The molecule has 3 rings (SSSR count). The van der Waals surface area contributed by atoms with E-state index in [4.69, 9.17) is 0 Å². The number of rotatable bonds is 0. The minimum atomic E-state index is -1.28. The molecule has 4 heteroatoms. The summed E-state index contributed by atoms with van der Waals surface area (Å²) >= 11 is 0. The number of carbonyl (C=O) groups is 1. The molecule has 0 fully saturated rings. The number of aliphatic hydroxyl groups is 1. The molecule has 4 nitrogen and oxygen atoms in total. The molecule has 0 bridgehead atoms. The van der Waals surface area contributed by atoms with E-state index in [9.17, 15) is 9.90 Å². The van der Waals surface area contributed by atoms with Gasteiger partial charge in [-0.1, -0.05) is 24.3 Å². The molecule has 0 amide bonds. The van der Waals surface area contributed by atoms with Crippen molar-refractivity contribution >= 4 is 11.6 Å². The van der Waals surface area contributed by atoms with Crippen LogP contribution in [0, 0.1) is 0 Å². The van der Waals surface area contributed by atoms with Crippen LogP contribution in [0.3, 0.4) is 0 Å². The third-order valence-electron chi connectivity index (χ3n) is 3.53. The van der Waals surface area contributed by atoms with Crippen LogP contribution in [0.5, 0.6) is 0 Å². The molecule has 0 saturated carbocycles. The Morgan fingerprint density at radius 3 is 2.88 bits per heavy atom. The fourth-order valence-electron chi connectivity index (χ4n) is 2.53. The number of aliphatic imine (C=N–C) groups is 1. The zero-order chi connectivity index (χ0) is 11.5. The highest BCUT2D eigenvalue weighted by Gasteiger charge is 2.57. The molecule has 2 unspecified atom stereocenters. The molecule has 0 aromatic heterocycles. The van der Waals surface area contributed by atoms with E-state index in [2.05, 4.69) is 4.99 Å². The van der Waals surface area contributed by atoms with Crippen LogP contribution in [0.2, 0.25) is 0 Å². The van der Waals surface area contributed by atoms with E-state index in [0.29, 0.717) is 17.0 Å². The predicted molar refractivity (Wildman–Crippen MR) is 59.3 cm³/mol. The standard InChI is InChI=1S/C12H12N2O2/c1-7-13-11-10(15)8-5-3-4-6-9(8)12(11,16)14(7)2/h3-6,11,16H,1-2H3. The van der Waals surface area contributed by atoms with E-state index >= 15 is 0 Å². The van der Waals surface area contributed by atoms with Crippen molar-refractivity contribution in [1.82, 2.24) is 4.90 Å². The van der Waals surface area contributed by atoms with Gasteiger partial charge in [-0.2, -0.15) is 0 Å². The number of nitrogens with zero attached hydrogens (tertiary/aromatic N) is 2. The fraction of sp³-hybridized carbons (Fsp3) is 0.333.